The van der Waals surface area contributed by atoms with E-state index in [9.17, 15) is 9.59 Å². The number of rotatable bonds is 4. The summed E-state index contributed by atoms with van der Waals surface area (Å²) in [5.41, 5.74) is 0.916. The summed E-state index contributed by atoms with van der Waals surface area (Å²) >= 11 is 1.84. The molecule has 1 aromatic rings. The second kappa shape index (κ2) is 7.93. The fraction of sp³-hybridized carbons (Fsp3) is 0.467. The van der Waals surface area contributed by atoms with E-state index in [0.29, 0.717) is 0 Å². The first-order valence-electron chi connectivity index (χ1n) is 7.00. The quantitative estimate of drug-likeness (QED) is 0.922. The molecule has 1 fully saturated rings. The average molecular weight is 308 g/mol. The van der Waals surface area contributed by atoms with Gasteiger partial charge in [0.2, 0.25) is 5.91 Å². The molecule has 114 valence electrons. The van der Waals surface area contributed by atoms with Gasteiger partial charge in [-0.25, -0.2) is 4.79 Å². The lowest BCUT2D eigenvalue weighted by Gasteiger charge is -2.29. The maximum absolute atomic E-state index is 12.2. The van der Waals surface area contributed by atoms with Crippen LogP contribution in [0.15, 0.2) is 30.3 Å². The number of alkyl carbamates (subject to hydrolysis) is 1. The number of nitrogens with zero attached hydrogens (tertiary/aromatic N) is 1. The van der Waals surface area contributed by atoms with E-state index in [1.165, 1.54) is 0 Å². The van der Waals surface area contributed by atoms with Crippen LogP contribution in [0.25, 0.3) is 0 Å². The monoisotopic (exact) mass is 308 g/mol. The van der Waals surface area contributed by atoms with Crippen LogP contribution in [0.1, 0.15) is 12.5 Å². The van der Waals surface area contributed by atoms with E-state index in [-0.39, 0.29) is 12.5 Å². The van der Waals surface area contributed by atoms with Gasteiger partial charge in [-0.05, 0) is 12.5 Å². The number of carbonyl (C=O) groups is 2. The molecule has 0 aliphatic carbocycles. The molecule has 0 radical (unpaired) electrons. The van der Waals surface area contributed by atoms with Crippen LogP contribution < -0.4 is 5.32 Å². The lowest BCUT2D eigenvalue weighted by molar-refractivity contribution is -0.132. The minimum absolute atomic E-state index is 0.0491. The number of hydrogen-bond donors (Lipinski definition) is 1. The lowest BCUT2D eigenvalue weighted by atomic mass is 10.2. The third-order valence-corrected chi connectivity index (χ3v) is 4.18. The first-order valence-corrected chi connectivity index (χ1v) is 8.16. The van der Waals surface area contributed by atoms with Crippen molar-refractivity contribution in [3.05, 3.63) is 35.9 Å². The van der Waals surface area contributed by atoms with Crippen molar-refractivity contribution in [3.63, 3.8) is 0 Å². The molecule has 1 aliphatic heterocycles. The second-order valence-corrected chi connectivity index (χ2v) is 6.09. The predicted octanol–water partition coefficient (Wildman–Crippen LogP) is 1.88. The van der Waals surface area contributed by atoms with Gasteiger partial charge in [-0.1, -0.05) is 30.3 Å². The smallest absolute Gasteiger partial charge is 0.408 e. The molecule has 1 atom stereocenters. The van der Waals surface area contributed by atoms with Crippen molar-refractivity contribution in [2.75, 3.05) is 24.6 Å². The van der Waals surface area contributed by atoms with Gasteiger partial charge in [0.05, 0.1) is 0 Å². The van der Waals surface area contributed by atoms with Crippen LogP contribution in [0.2, 0.25) is 0 Å². The number of thioether (sulfide) groups is 1. The van der Waals surface area contributed by atoms with Crippen molar-refractivity contribution < 1.29 is 14.3 Å². The van der Waals surface area contributed by atoms with E-state index >= 15 is 0 Å². The number of hydrogen-bond acceptors (Lipinski definition) is 4. The van der Waals surface area contributed by atoms with E-state index in [4.69, 9.17) is 4.74 Å². The van der Waals surface area contributed by atoms with Gasteiger partial charge >= 0.3 is 6.09 Å². The van der Waals surface area contributed by atoms with E-state index in [0.717, 1.165) is 30.2 Å². The maximum atomic E-state index is 12.2. The molecule has 0 saturated carbocycles. The van der Waals surface area contributed by atoms with Crippen LogP contribution in [0.5, 0.6) is 0 Å². The predicted molar refractivity (Wildman–Crippen MR) is 83.1 cm³/mol. The minimum Gasteiger partial charge on any atom is -0.445 e. The lowest BCUT2D eigenvalue weighted by Crippen LogP contribution is -2.49. The van der Waals surface area contributed by atoms with Crippen molar-refractivity contribution in [2.45, 2.75) is 19.6 Å². The number of amides is 2. The zero-order valence-corrected chi connectivity index (χ0v) is 12.9. The van der Waals surface area contributed by atoms with E-state index < -0.39 is 12.1 Å². The molecule has 1 N–H and O–H groups in total. The SMILES string of the molecule is C[C@@H](NC(=O)OCc1ccccc1)C(=O)N1CCSCC1. The summed E-state index contributed by atoms with van der Waals surface area (Å²) in [7, 11) is 0. The Morgan fingerprint density at radius 2 is 1.95 bits per heavy atom. The van der Waals surface area contributed by atoms with Crippen LogP contribution in [-0.4, -0.2) is 47.5 Å². The van der Waals surface area contributed by atoms with Crippen molar-refractivity contribution in [2.24, 2.45) is 0 Å². The van der Waals surface area contributed by atoms with Crippen LogP contribution in [-0.2, 0) is 16.1 Å². The van der Waals surface area contributed by atoms with Gasteiger partial charge in [-0.15, -0.1) is 0 Å². The van der Waals surface area contributed by atoms with Gasteiger partial charge in [0.1, 0.15) is 12.6 Å². The molecular weight excluding hydrogens is 288 g/mol. The van der Waals surface area contributed by atoms with Crippen molar-refractivity contribution in [1.29, 1.82) is 0 Å². The first kappa shape index (κ1) is 15.7. The van der Waals surface area contributed by atoms with Crippen LogP contribution >= 0.6 is 11.8 Å². The normalized spacial score (nSPS) is 16.1. The highest BCUT2D eigenvalue weighted by molar-refractivity contribution is 7.99. The number of benzene rings is 1. The Hall–Kier alpha value is -1.69. The molecular formula is C15H20N2O3S. The second-order valence-electron chi connectivity index (χ2n) is 4.87. The standard InChI is InChI=1S/C15H20N2O3S/c1-12(14(18)17-7-9-21-10-8-17)16-15(19)20-11-13-5-3-2-4-6-13/h2-6,12H,7-11H2,1H3,(H,16,19)/t12-/m1/s1. The molecule has 2 amide bonds. The van der Waals surface area contributed by atoms with Gasteiger partial charge in [0.15, 0.2) is 0 Å². The first-order chi connectivity index (χ1) is 10.2. The Kier molecular flexibility index (Phi) is 5.92. The van der Waals surface area contributed by atoms with E-state index in [2.05, 4.69) is 5.32 Å². The Labute approximate surface area is 129 Å². The summed E-state index contributed by atoms with van der Waals surface area (Å²) in [5.74, 6) is 1.86. The van der Waals surface area contributed by atoms with Crippen LogP contribution in [0.4, 0.5) is 4.79 Å². The summed E-state index contributed by atoms with van der Waals surface area (Å²) in [6.07, 6.45) is -0.564. The molecule has 0 bridgehead atoms. The molecule has 6 heteroatoms. The topological polar surface area (TPSA) is 58.6 Å². The molecule has 1 heterocycles. The summed E-state index contributed by atoms with van der Waals surface area (Å²) in [6.45, 7) is 3.38. The number of ether oxygens (including phenoxy) is 1. The molecule has 0 aromatic heterocycles. The van der Waals surface area contributed by atoms with Crippen molar-refractivity contribution in [1.82, 2.24) is 10.2 Å². The van der Waals surface area contributed by atoms with Crippen molar-refractivity contribution in [3.8, 4) is 0 Å². The Bertz CT molecular complexity index is 475. The highest BCUT2D eigenvalue weighted by Gasteiger charge is 2.23. The summed E-state index contributed by atoms with van der Waals surface area (Å²) in [6, 6.07) is 8.88. The summed E-state index contributed by atoms with van der Waals surface area (Å²) < 4.78 is 5.11. The van der Waals surface area contributed by atoms with Crippen molar-refractivity contribution >= 4 is 23.8 Å². The molecule has 21 heavy (non-hydrogen) atoms. The van der Waals surface area contributed by atoms with E-state index in [1.807, 2.05) is 42.1 Å². The largest absolute Gasteiger partial charge is 0.445 e. The molecule has 5 nitrogen and oxygen atoms in total. The fourth-order valence-corrected chi connectivity index (χ4v) is 2.96. The third-order valence-electron chi connectivity index (χ3n) is 3.24. The molecule has 1 saturated heterocycles. The Balaban J connectivity index is 1.74. The average Bonchev–Trinajstić information content (AvgIpc) is 2.54. The fourth-order valence-electron chi connectivity index (χ4n) is 2.06. The third kappa shape index (κ3) is 4.97. The molecule has 0 spiro atoms. The Morgan fingerprint density at radius 1 is 1.29 bits per heavy atom. The van der Waals surface area contributed by atoms with Crippen LogP contribution in [0.3, 0.4) is 0 Å². The summed E-state index contributed by atoms with van der Waals surface area (Å²) in [4.78, 5) is 25.7. The zero-order valence-electron chi connectivity index (χ0n) is 12.1. The van der Waals surface area contributed by atoms with Gasteiger partial charge in [0.25, 0.3) is 0 Å². The number of nitrogens with one attached hydrogen (secondary N) is 1. The highest BCUT2D eigenvalue weighted by atomic mass is 32.2. The molecule has 2 rings (SSSR count). The van der Waals surface area contributed by atoms with Gasteiger partial charge in [-0.3, -0.25) is 4.79 Å². The molecule has 1 aliphatic rings. The van der Waals surface area contributed by atoms with Gasteiger partial charge < -0.3 is 15.0 Å². The Morgan fingerprint density at radius 3 is 2.62 bits per heavy atom. The minimum atomic E-state index is -0.564. The van der Waals surface area contributed by atoms with Crippen LogP contribution in [0, 0.1) is 0 Å². The van der Waals surface area contributed by atoms with Gasteiger partial charge in [0, 0.05) is 24.6 Å². The summed E-state index contributed by atoms with van der Waals surface area (Å²) in [5, 5.41) is 2.59. The van der Waals surface area contributed by atoms with Gasteiger partial charge in [-0.2, -0.15) is 11.8 Å². The number of carbonyl (C=O) groups excluding carboxylic acids is 2. The van der Waals surface area contributed by atoms with E-state index in [1.54, 1.807) is 11.8 Å². The molecule has 1 aromatic carbocycles. The highest BCUT2D eigenvalue weighted by Crippen LogP contribution is 2.10. The molecule has 0 unspecified atom stereocenters. The maximum Gasteiger partial charge on any atom is 0.408 e. The zero-order chi connectivity index (χ0) is 15.1.